The first-order valence-corrected chi connectivity index (χ1v) is 9.71. The molecule has 0 unspecified atom stereocenters. The van der Waals surface area contributed by atoms with E-state index >= 15 is 0 Å². The van der Waals surface area contributed by atoms with E-state index in [0.29, 0.717) is 12.1 Å². The second-order valence-electron chi connectivity index (χ2n) is 4.37. The molecular weight excluding hydrogens is 286 g/mol. The van der Waals surface area contributed by atoms with Gasteiger partial charge in [0, 0.05) is 12.8 Å². The zero-order valence-electron chi connectivity index (χ0n) is 11.1. The quantitative estimate of drug-likeness (QED) is 0.822. The SMILES string of the molecule is CCCS(=O)(=O)c1ccccc1NCCS(C)(=O)=O. The van der Waals surface area contributed by atoms with Crippen LogP contribution in [0.1, 0.15) is 13.3 Å². The van der Waals surface area contributed by atoms with E-state index in [9.17, 15) is 16.8 Å². The number of rotatable bonds is 7. The van der Waals surface area contributed by atoms with Crippen LogP contribution in [0.15, 0.2) is 29.2 Å². The van der Waals surface area contributed by atoms with Gasteiger partial charge in [-0.25, -0.2) is 16.8 Å². The van der Waals surface area contributed by atoms with E-state index in [4.69, 9.17) is 0 Å². The third-order valence-corrected chi connectivity index (χ3v) is 5.40. The van der Waals surface area contributed by atoms with E-state index in [1.165, 1.54) is 6.07 Å². The van der Waals surface area contributed by atoms with Gasteiger partial charge in [0.05, 0.1) is 22.1 Å². The Morgan fingerprint density at radius 3 is 2.26 bits per heavy atom. The van der Waals surface area contributed by atoms with E-state index in [0.717, 1.165) is 6.26 Å². The highest BCUT2D eigenvalue weighted by Gasteiger charge is 2.17. The maximum Gasteiger partial charge on any atom is 0.180 e. The standard InChI is InChI=1S/C12H19NO4S2/c1-3-9-19(16,17)12-7-5-4-6-11(12)13-8-10-18(2,14)15/h4-7,13H,3,8-10H2,1-2H3. The van der Waals surface area contributed by atoms with Crippen LogP contribution in [0.4, 0.5) is 5.69 Å². The van der Waals surface area contributed by atoms with Crippen molar-refractivity contribution < 1.29 is 16.8 Å². The van der Waals surface area contributed by atoms with Gasteiger partial charge in [0.15, 0.2) is 9.84 Å². The third-order valence-electron chi connectivity index (χ3n) is 2.48. The summed E-state index contributed by atoms with van der Waals surface area (Å²) >= 11 is 0. The molecule has 0 spiro atoms. The predicted molar refractivity (Wildman–Crippen MR) is 77.0 cm³/mol. The lowest BCUT2D eigenvalue weighted by Crippen LogP contribution is -2.16. The lowest BCUT2D eigenvalue weighted by atomic mass is 10.3. The molecule has 0 aliphatic rings. The Morgan fingerprint density at radius 1 is 1.05 bits per heavy atom. The molecule has 0 aliphatic carbocycles. The predicted octanol–water partition coefficient (Wildman–Crippen LogP) is 1.33. The van der Waals surface area contributed by atoms with Gasteiger partial charge >= 0.3 is 0 Å². The van der Waals surface area contributed by atoms with E-state index in [-0.39, 0.29) is 22.9 Å². The van der Waals surface area contributed by atoms with Crippen LogP contribution in [-0.2, 0) is 19.7 Å². The Hall–Kier alpha value is -1.08. The summed E-state index contributed by atoms with van der Waals surface area (Å²) in [6, 6.07) is 6.55. The molecule has 0 saturated carbocycles. The van der Waals surface area contributed by atoms with Gasteiger partial charge in [0.25, 0.3) is 0 Å². The zero-order chi connectivity index (χ0) is 14.5. The van der Waals surface area contributed by atoms with Crippen molar-refractivity contribution in [1.29, 1.82) is 0 Å². The van der Waals surface area contributed by atoms with Crippen LogP contribution in [-0.4, -0.2) is 41.1 Å². The zero-order valence-corrected chi connectivity index (χ0v) is 12.7. The molecule has 0 saturated heterocycles. The molecule has 0 amide bonds. The fraction of sp³-hybridized carbons (Fsp3) is 0.500. The molecule has 1 aromatic rings. The van der Waals surface area contributed by atoms with Gasteiger partial charge in [-0.15, -0.1) is 0 Å². The van der Waals surface area contributed by atoms with Gasteiger partial charge in [0.1, 0.15) is 9.84 Å². The van der Waals surface area contributed by atoms with Crippen molar-refractivity contribution in [3.05, 3.63) is 24.3 Å². The molecule has 19 heavy (non-hydrogen) atoms. The summed E-state index contributed by atoms with van der Waals surface area (Å²) in [6.45, 7) is 1.99. The van der Waals surface area contributed by atoms with Gasteiger partial charge in [-0.1, -0.05) is 19.1 Å². The number of nitrogens with one attached hydrogen (secondary N) is 1. The molecule has 1 N–H and O–H groups in total. The first kappa shape index (κ1) is 16.0. The van der Waals surface area contributed by atoms with Crippen molar-refractivity contribution in [2.45, 2.75) is 18.2 Å². The molecule has 0 fully saturated rings. The summed E-state index contributed by atoms with van der Waals surface area (Å²) in [4.78, 5) is 0.227. The summed E-state index contributed by atoms with van der Waals surface area (Å²) in [7, 11) is -6.38. The molecule has 5 nitrogen and oxygen atoms in total. The highest BCUT2D eigenvalue weighted by Crippen LogP contribution is 2.22. The van der Waals surface area contributed by atoms with E-state index < -0.39 is 19.7 Å². The first-order valence-electron chi connectivity index (χ1n) is 5.99. The van der Waals surface area contributed by atoms with Crippen LogP contribution < -0.4 is 5.32 Å². The lowest BCUT2D eigenvalue weighted by Gasteiger charge is -2.11. The fourth-order valence-electron chi connectivity index (χ4n) is 1.63. The monoisotopic (exact) mass is 305 g/mol. The van der Waals surface area contributed by atoms with Crippen LogP contribution in [0, 0.1) is 0 Å². The Morgan fingerprint density at radius 2 is 1.68 bits per heavy atom. The first-order chi connectivity index (χ1) is 8.76. The molecule has 1 rings (SSSR count). The lowest BCUT2D eigenvalue weighted by molar-refractivity contribution is 0.595. The Labute approximate surface area is 114 Å². The molecule has 0 bridgehead atoms. The highest BCUT2D eigenvalue weighted by molar-refractivity contribution is 7.91. The molecule has 0 atom stereocenters. The molecule has 0 radical (unpaired) electrons. The summed E-state index contributed by atoms with van der Waals surface area (Å²) < 4.78 is 46.2. The molecule has 0 heterocycles. The van der Waals surface area contributed by atoms with Gasteiger partial charge < -0.3 is 5.32 Å². The maximum absolute atomic E-state index is 12.1. The number of hydrogen-bond acceptors (Lipinski definition) is 5. The van der Waals surface area contributed by atoms with Gasteiger partial charge in [-0.2, -0.15) is 0 Å². The summed E-state index contributed by atoms with van der Waals surface area (Å²) in [5.41, 5.74) is 0.458. The van der Waals surface area contributed by atoms with Crippen molar-refractivity contribution >= 4 is 25.4 Å². The largest absolute Gasteiger partial charge is 0.383 e. The third kappa shape index (κ3) is 5.20. The molecule has 7 heteroatoms. The van der Waals surface area contributed by atoms with E-state index in [1.54, 1.807) is 25.1 Å². The van der Waals surface area contributed by atoms with Crippen LogP contribution in [0.3, 0.4) is 0 Å². The van der Waals surface area contributed by atoms with Gasteiger partial charge in [-0.3, -0.25) is 0 Å². The smallest absolute Gasteiger partial charge is 0.180 e. The van der Waals surface area contributed by atoms with Crippen LogP contribution >= 0.6 is 0 Å². The van der Waals surface area contributed by atoms with Crippen LogP contribution in [0.5, 0.6) is 0 Å². The van der Waals surface area contributed by atoms with Gasteiger partial charge in [0.2, 0.25) is 0 Å². The van der Waals surface area contributed by atoms with Crippen LogP contribution in [0.25, 0.3) is 0 Å². The Kier molecular flexibility index (Phi) is 5.37. The van der Waals surface area contributed by atoms with Crippen molar-refractivity contribution in [1.82, 2.24) is 0 Å². The summed E-state index contributed by atoms with van der Waals surface area (Å²) in [6.07, 6.45) is 1.69. The molecule has 108 valence electrons. The normalized spacial score (nSPS) is 12.3. The second-order valence-corrected chi connectivity index (χ2v) is 8.71. The Balaban J connectivity index is 2.91. The maximum atomic E-state index is 12.1. The molecule has 1 aromatic carbocycles. The number of hydrogen-bond donors (Lipinski definition) is 1. The average Bonchev–Trinajstić information content (AvgIpc) is 2.27. The summed E-state index contributed by atoms with van der Waals surface area (Å²) in [5, 5.41) is 2.88. The number of para-hydroxylation sites is 1. The van der Waals surface area contributed by atoms with Crippen molar-refractivity contribution in [2.24, 2.45) is 0 Å². The minimum Gasteiger partial charge on any atom is -0.383 e. The average molecular weight is 305 g/mol. The van der Waals surface area contributed by atoms with Gasteiger partial charge in [-0.05, 0) is 18.6 Å². The molecular formula is C12H19NO4S2. The molecule has 0 aromatic heterocycles. The van der Waals surface area contributed by atoms with Crippen molar-refractivity contribution in [2.75, 3.05) is 29.6 Å². The Bertz CT molecular complexity index is 621. The summed E-state index contributed by atoms with van der Waals surface area (Å²) in [5.74, 6) is 0.0485. The number of benzene rings is 1. The topological polar surface area (TPSA) is 80.3 Å². The van der Waals surface area contributed by atoms with Crippen LogP contribution in [0.2, 0.25) is 0 Å². The second kappa shape index (κ2) is 6.38. The van der Waals surface area contributed by atoms with E-state index in [1.807, 2.05) is 0 Å². The van der Waals surface area contributed by atoms with Crippen molar-refractivity contribution in [3.63, 3.8) is 0 Å². The van der Waals surface area contributed by atoms with E-state index in [2.05, 4.69) is 5.32 Å². The minimum atomic E-state index is -3.32. The molecule has 0 aliphatic heterocycles. The fourth-order valence-corrected chi connectivity index (χ4v) is 3.63. The number of sulfone groups is 2. The highest BCUT2D eigenvalue weighted by atomic mass is 32.2. The van der Waals surface area contributed by atoms with Crippen molar-refractivity contribution in [3.8, 4) is 0 Å². The minimum absolute atomic E-state index is 0.0326. The number of anilines is 1.